The maximum absolute atomic E-state index is 10.3. The van der Waals surface area contributed by atoms with Crippen molar-refractivity contribution < 1.29 is 5.11 Å². The Bertz CT molecular complexity index is 1070. The number of nitrogens with two attached hydrogens (primary N) is 1. The van der Waals surface area contributed by atoms with Crippen LogP contribution in [0.1, 0.15) is 6.92 Å². The minimum Gasteiger partial charge on any atom is -0.507 e. The number of fused-ring (bicyclic) bond motifs is 1. The first-order valence-corrected chi connectivity index (χ1v) is 8.18. The Kier molecular flexibility index (Phi) is 3.61. The largest absolute Gasteiger partial charge is 0.507 e. The van der Waals surface area contributed by atoms with Gasteiger partial charge in [0.2, 0.25) is 5.95 Å². The second kappa shape index (κ2) is 5.94. The highest BCUT2D eigenvalue weighted by molar-refractivity contribution is 5.99. The number of benzene rings is 2. The summed E-state index contributed by atoms with van der Waals surface area (Å²) < 4.78 is 2.19. The number of aromatic hydroxyl groups is 1. The lowest BCUT2D eigenvalue weighted by atomic mass is 9.97. The number of anilines is 1. The Hall–Kier alpha value is -3.34. The molecule has 5 nitrogen and oxygen atoms in total. The third-order valence-corrected chi connectivity index (χ3v) is 4.41. The molecule has 0 bridgehead atoms. The fraction of sp³-hybridized carbons (Fsp3) is 0.100. The van der Waals surface area contributed by atoms with Gasteiger partial charge in [-0.15, -0.1) is 0 Å². The molecular weight excluding hydrogens is 312 g/mol. The summed E-state index contributed by atoms with van der Waals surface area (Å²) >= 11 is 0. The highest BCUT2D eigenvalue weighted by Crippen LogP contribution is 2.38. The second-order valence-corrected chi connectivity index (χ2v) is 5.85. The molecule has 4 rings (SSSR count). The van der Waals surface area contributed by atoms with E-state index in [4.69, 9.17) is 5.73 Å². The summed E-state index contributed by atoms with van der Waals surface area (Å²) in [4.78, 5) is 8.60. The van der Waals surface area contributed by atoms with Crippen LogP contribution in [0.4, 0.5) is 5.95 Å². The lowest BCUT2D eigenvalue weighted by molar-refractivity contribution is 0.477. The molecule has 0 unspecified atom stereocenters. The number of aromatic nitrogens is 3. The fourth-order valence-corrected chi connectivity index (χ4v) is 3.21. The van der Waals surface area contributed by atoms with E-state index in [1.54, 1.807) is 18.3 Å². The van der Waals surface area contributed by atoms with Gasteiger partial charge < -0.3 is 15.4 Å². The van der Waals surface area contributed by atoms with Crippen LogP contribution in [0.5, 0.6) is 5.75 Å². The van der Waals surface area contributed by atoms with Crippen LogP contribution >= 0.6 is 0 Å². The van der Waals surface area contributed by atoms with E-state index in [1.165, 1.54) is 0 Å². The zero-order valence-corrected chi connectivity index (χ0v) is 13.8. The highest BCUT2D eigenvalue weighted by Gasteiger charge is 2.16. The average molecular weight is 330 g/mol. The Morgan fingerprint density at radius 2 is 1.80 bits per heavy atom. The van der Waals surface area contributed by atoms with Crippen LogP contribution in [0.15, 0.2) is 60.9 Å². The Morgan fingerprint density at radius 1 is 1.00 bits per heavy atom. The molecule has 0 fully saturated rings. The summed E-state index contributed by atoms with van der Waals surface area (Å²) in [6.45, 7) is 3.02. The van der Waals surface area contributed by atoms with E-state index in [0.717, 1.165) is 28.6 Å². The molecular formula is C20H18N4O. The number of phenols is 1. The van der Waals surface area contributed by atoms with Gasteiger partial charge in [0.25, 0.3) is 0 Å². The molecule has 0 saturated heterocycles. The number of phenolic OH excluding ortho intramolecular Hbond substituents is 1. The van der Waals surface area contributed by atoms with Gasteiger partial charge in [-0.05, 0) is 36.8 Å². The second-order valence-electron chi connectivity index (χ2n) is 5.85. The quantitative estimate of drug-likeness (QED) is 0.593. The monoisotopic (exact) mass is 330 g/mol. The van der Waals surface area contributed by atoms with Gasteiger partial charge in [-0.2, -0.15) is 0 Å². The number of hydrogen-bond acceptors (Lipinski definition) is 4. The topological polar surface area (TPSA) is 77.0 Å². The minimum absolute atomic E-state index is 0.167. The van der Waals surface area contributed by atoms with Crippen LogP contribution in [0.25, 0.3) is 33.3 Å². The highest BCUT2D eigenvalue weighted by atomic mass is 16.3. The van der Waals surface area contributed by atoms with Gasteiger partial charge in [-0.1, -0.05) is 24.3 Å². The van der Waals surface area contributed by atoms with Gasteiger partial charge in [0.15, 0.2) is 0 Å². The Balaban J connectivity index is 2.02. The summed E-state index contributed by atoms with van der Waals surface area (Å²) in [7, 11) is 0. The molecule has 0 atom stereocenters. The molecule has 0 radical (unpaired) electrons. The van der Waals surface area contributed by atoms with Crippen LogP contribution in [-0.4, -0.2) is 19.6 Å². The SMILES string of the molecule is CCn1ccc2c(-c3cnc(N)nc3-c3ccccc3O)cccc21. The lowest BCUT2D eigenvalue weighted by Crippen LogP contribution is -1.99. The van der Waals surface area contributed by atoms with E-state index in [9.17, 15) is 5.11 Å². The van der Waals surface area contributed by atoms with Crippen molar-refractivity contribution in [2.75, 3.05) is 5.73 Å². The van der Waals surface area contributed by atoms with E-state index in [2.05, 4.69) is 39.8 Å². The molecule has 3 N–H and O–H groups in total. The zero-order valence-electron chi connectivity index (χ0n) is 13.8. The van der Waals surface area contributed by atoms with Gasteiger partial charge in [0.05, 0.1) is 5.69 Å². The van der Waals surface area contributed by atoms with Gasteiger partial charge in [0, 0.05) is 41.0 Å². The molecule has 25 heavy (non-hydrogen) atoms. The molecule has 2 aromatic heterocycles. The first-order chi connectivity index (χ1) is 12.2. The molecule has 0 aliphatic carbocycles. The van der Waals surface area contributed by atoms with Crippen molar-refractivity contribution in [3.8, 4) is 28.1 Å². The third-order valence-electron chi connectivity index (χ3n) is 4.41. The maximum Gasteiger partial charge on any atom is 0.220 e. The molecule has 2 aromatic carbocycles. The van der Waals surface area contributed by atoms with Crippen molar-refractivity contribution in [1.82, 2.24) is 14.5 Å². The molecule has 0 spiro atoms. The van der Waals surface area contributed by atoms with Crippen molar-refractivity contribution in [2.45, 2.75) is 13.5 Å². The number of rotatable bonds is 3. The number of nitrogen functional groups attached to an aromatic ring is 1. The number of nitrogens with zero attached hydrogens (tertiary/aromatic N) is 3. The van der Waals surface area contributed by atoms with E-state index < -0.39 is 0 Å². The summed E-state index contributed by atoms with van der Waals surface area (Å²) in [6, 6.07) is 15.4. The minimum atomic E-state index is 0.167. The van der Waals surface area contributed by atoms with Gasteiger partial charge >= 0.3 is 0 Å². The standard InChI is InChI=1S/C20H18N4O/c1-2-24-11-10-14-13(7-5-8-17(14)24)16-12-22-20(21)23-19(16)15-6-3-4-9-18(15)25/h3-12,25H,2H2,1H3,(H2,21,22,23). The van der Waals surface area contributed by atoms with Crippen LogP contribution in [0.2, 0.25) is 0 Å². The molecule has 5 heteroatoms. The van der Waals surface area contributed by atoms with Crippen molar-refractivity contribution in [3.63, 3.8) is 0 Å². The van der Waals surface area contributed by atoms with Crippen LogP contribution in [0.3, 0.4) is 0 Å². The first kappa shape index (κ1) is 15.2. The number of hydrogen-bond donors (Lipinski definition) is 2. The maximum atomic E-state index is 10.3. The van der Waals surface area contributed by atoms with Crippen molar-refractivity contribution in [3.05, 3.63) is 60.9 Å². The lowest BCUT2D eigenvalue weighted by Gasteiger charge is -2.12. The van der Waals surface area contributed by atoms with Crippen molar-refractivity contribution >= 4 is 16.9 Å². The molecule has 2 heterocycles. The molecule has 0 aliphatic heterocycles. The van der Waals surface area contributed by atoms with E-state index in [0.29, 0.717) is 11.3 Å². The first-order valence-electron chi connectivity index (χ1n) is 8.18. The predicted octanol–water partition coefficient (Wildman–Crippen LogP) is 4.07. The molecule has 124 valence electrons. The zero-order chi connectivity index (χ0) is 17.4. The number of aryl methyl sites for hydroxylation is 1. The normalized spacial score (nSPS) is 11.1. The predicted molar refractivity (Wildman–Crippen MR) is 100 cm³/mol. The molecule has 0 amide bonds. The smallest absolute Gasteiger partial charge is 0.220 e. The van der Waals surface area contributed by atoms with E-state index >= 15 is 0 Å². The Labute approximate surface area is 145 Å². The molecule has 0 saturated carbocycles. The van der Waals surface area contributed by atoms with Crippen molar-refractivity contribution in [1.29, 1.82) is 0 Å². The average Bonchev–Trinajstić information content (AvgIpc) is 3.05. The summed E-state index contributed by atoms with van der Waals surface area (Å²) in [5.74, 6) is 0.348. The van der Waals surface area contributed by atoms with Gasteiger partial charge in [-0.25, -0.2) is 9.97 Å². The van der Waals surface area contributed by atoms with Crippen LogP contribution in [0, 0.1) is 0 Å². The number of para-hydroxylation sites is 1. The van der Waals surface area contributed by atoms with E-state index in [-0.39, 0.29) is 11.7 Å². The van der Waals surface area contributed by atoms with E-state index in [1.807, 2.05) is 24.3 Å². The molecule has 0 aliphatic rings. The summed E-state index contributed by atoms with van der Waals surface area (Å²) in [5, 5.41) is 11.4. The Morgan fingerprint density at radius 3 is 2.60 bits per heavy atom. The molecule has 4 aromatic rings. The van der Waals surface area contributed by atoms with Crippen LogP contribution in [-0.2, 0) is 6.54 Å². The summed E-state index contributed by atoms with van der Waals surface area (Å²) in [5.41, 5.74) is 10.1. The van der Waals surface area contributed by atoms with Gasteiger partial charge in [-0.3, -0.25) is 0 Å². The van der Waals surface area contributed by atoms with Crippen molar-refractivity contribution in [2.24, 2.45) is 0 Å². The fourth-order valence-electron chi connectivity index (χ4n) is 3.21. The van der Waals surface area contributed by atoms with Gasteiger partial charge in [0.1, 0.15) is 5.75 Å². The summed E-state index contributed by atoms with van der Waals surface area (Å²) in [6.07, 6.45) is 3.80. The van der Waals surface area contributed by atoms with Crippen LogP contribution < -0.4 is 5.73 Å². The third kappa shape index (κ3) is 2.50.